The van der Waals surface area contributed by atoms with Crippen LogP contribution in [0.15, 0.2) is 12.1 Å². The zero-order valence-corrected chi connectivity index (χ0v) is 13.0. The summed E-state index contributed by atoms with van der Waals surface area (Å²) in [5.74, 6) is 1.36. The molecular weight excluding hydrogens is 266 g/mol. The second-order valence-corrected chi connectivity index (χ2v) is 7.12. The molecule has 2 aliphatic carbocycles. The summed E-state index contributed by atoms with van der Waals surface area (Å²) in [6, 6.07) is 3.12. The summed E-state index contributed by atoms with van der Waals surface area (Å²) in [7, 11) is 0. The molecule has 0 unspecified atom stereocenters. The third-order valence-corrected chi connectivity index (χ3v) is 5.86. The van der Waals surface area contributed by atoms with Gasteiger partial charge in [-0.15, -0.1) is 0 Å². The summed E-state index contributed by atoms with van der Waals surface area (Å²) in [6.45, 7) is 1.51. The molecule has 0 nitrogen and oxygen atoms in total. The lowest BCUT2D eigenvalue weighted by Crippen LogP contribution is -2.23. The first-order valence-corrected chi connectivity index (χ1v) is 8.60. The highest BCUT2D eigenvalue weighted by molar-refractivity contribution is 5.28. The lowest BCUT2D eigenvalue weighted by atomic mass is 9.70. The molecule has 2 heteroatoms. The zero-order valence-electron chi connectivity index (χ0n) is 13.0. The fraction of sp³-hybridized carbons (Fsp3) is 0.684. The maximum atomic E-state index is 13.7. The first-order chi connectivity index (χ1) is 10.1. The molecule has 21 heavy (non-hydrogen) atoms. The van der Waals surface area contributed by atoms with Crippen molar-refractivity contribution in [3.63, 3.8) is 0 Å². The van der Waals surface area contributed by atoms with Crippen molar-refractivity contribution in [3.8, 4) is 0 Å². The van der Waals surface area contributed by atoms with Gasteiger partial charge >= 0.3 is 0 Å². The van der Waals surface area contributed by atoms with Crippen molar-refractivity contribution < 1.29 is 8.78 Å². The van der Waals surface area contributed by atoms with Gasteiger partial charge in [0, 0.05) is 5.56 Å². The predicted molar refractivity (Wildman–Crippen MR) is 82.4 cm³/mol. The van der Waals surface area contributed by atoms with Gasteiger partial charge in [0.15, 0.2) is 0 Å². The molecule has 2 fully saturated rings. The van der Waals surface area contributed by atoms with E-state index in [4.69, 9.17) is 0 Å². The highest BCUT2D eigenvalue weighted by Crippen LogP contribution is 2.43. The Bertz CT molecular complexity index is 457. The van der Waals surface area contributed by atoms with Gasteiger partial charge in [-0.2, -0.15) is 0 Å². The van der Waals surface area contributed by atoms with Crippen LogP contribution in [0, 0.1) is 30.4 Å². The van der Waals surface area contributed by atoms with Gasteiger partial charge < -0.3 is 0 Å². The Balaban J connectivity index is 1.63. The summed E-state index contributed by atoms with van der Waals surface area (Å²) in [6.07, 6.45) is 11.7. The van der Waals surface area contributed by atoms with E-state index in [9.17, 15) is 8.78 Å². The van der Waals surface area contributed by atoms with Crippen LogP contribution < -0.4 is 0 Å². The topological polar surface area (TPSA) is 0 Å². The van der Waals surface area contributed by atoms with Crippen molar-refractivity contribution in [3.05, 3.63) is 34.9 Å². The Kier molecular flexibility index (Phi) is 4.61. The van der Waals surface area contributed by atoms with Gasteiger partial charge in [0.25, 0.3) is 0 Å². The van der Waals surface area contributed by atoms with E-state index in [-0.39, 0.29) is 17.2 Å². The maximum Gasteiger partial charge on any atom is 0.129 e. The number of hydrogen-bond acceptors (Lipinski definition) is 0. The van der Waals surface area contributed by atoms with Crippen molar-refractivity contribution in [2.45, 2.75) is 70.6 Å². The number of benzene rings is 1. The quantitative estimate of drug-likeness (QED) is 0.615. The molecular formula is C19H26F2. The molecule has 0 radical (unpaired) electrons. The third kappa shape index (κ3) is 3.30. The minimum Gasteiger partial charge on any atom is -0.207 e. The van der Waals surface area contributed by atoms with E-state index >= 15 is 0 Å². The third-order valence-electron chi connectivity index (χ3n) is 5.86. The Morgan fingerprint density at radius 1 is 0.762 bits per heavy atom. The van der Waals surface area contributed by atoms with E-state index in [0.29, 0.717) is 5.92 Å². The summed E-state index contributed by atoms with van der Waals surface area (Å²) >= 11 is 0. The first-order valence-electron chi connectivity index (χ1n) is 8.60. The second-order valence-electron chi connectivity index (χ2n) is 7.12. The molecule has 116 valence electrons. The minimum atomic E-state index is -0.389. The molecule has 0 spiro atoms. The molecule has 1 aromatic carbocycles. The van der Waals surface area contributed by atoms with E-state index in [1.165, 1.54) is 51.9 Å². The summed E-state index contributed by atoms with van der Waals surface area (Å²) in [5, 5.41) is 0. The van der Waals surface area contributed by atoms with Gasteiger partial charge in [-0.3, -0.25) is 0 Å². The van der Waals surface area contributed by atoms with Crippen LogP contribution in [0.2, 0.25) is 0 Å². The van der Waals surface area contributed by atoms with Crippen LogP contribution in [0.1, 0.15) is 74.8 Å². The van der Waals surface area contributed by atoms with Gasteiger partial charge in [0.2, 0.25) is 0 Å². The Labute approximate surface area is 126 Å². The highest BCUT2D eigenvalue weighted by Gasteiger charge is 2.29. The highest BCUT2D eigenvalue weighted by atomic mass is 19.1. The van der Waals surface area contributed by atoms with Gasteiger partial charge in [-0.05, 0) is 68.1 Å². The standard InChI is InChI=1S/C19H26F2/c1-13-18(20)11-17(12-19(13)21)16-9-7-15(8-10-16)14-5-3-2-4-6-14/h11-12,14-16H,2-10H2,1H3. The van der Waals surface area contributed by atoms with Crippen molar-refractivity contribution >= 4 is 0 Å². The van der Waals surface area contributed by atoms with E-state index in [0.717, 1.165) is 30.2 Å². The maximum absolute atomic E-state index is 13.7. The normalized spacial score (nSPS) is 27.8. The van der Waals surface area contributed by atoms with Crippen LogP contribution in [-0.2, 0) is 0 Å². The number of rotatable bonds is 2. The molecule has 0 aromatic heterocycles. The van der Waals surface area contributed by atoms with Crippen molar-refractivity contribution in [1.29, 1.82) is 0 Å². The molecule has 1 aromatic rings. The number of hydrogen-bond donors (Lipinski definition) is 0. The van der Waals surface area contributed by atoms with E-state index in [2.05, 4.69) is 0 Å². The van der Waals surface area contributed by atoms with E-state index < -0.39 is 0 Å². The Morgan fingerprint density at radius 2 is 1.29 bits per heavy atom. The fourth-order valence-corrected chi connectivity index (χ4v) is 4.43. The lowest BCUT2D eigenvalue weighted by Gasteiger charge is -2.36. The molecule has 0 heterocycles. The fourth-order valence-electron chi connectivity index (χ4n) is 4.43. The number of halogens is 2. The van der Waals surface area contributed by atoms with Gasteiger partial charge in [0.1, 0.15) is 11.6 Å². The molecule has 0 bridgehead atoms. The smallest absolute Gasteiger partial charge is 0.129 e. The Morgan fingerprint density at radius 3 is 1.86 bits per heavy atom. The molecule has 0 amide bonds. The van der Waals surface area contributed by atoms with Crippen molar-refractivity contribution in [2.75, 3.05) is 0 Å². The predicted octanol–water partition coefficient (Wildman–Crippen LogP) is 6.13. The van der Waals surface area contributed by atoms with Crippen LogP contribution in [0.3, 0.4) is 0 Å². The van der Waals surface area contributed by atoms with Crippen LogP contribution in [0.25, 0.3) is 0 Å². The monoisotopic (exact) mass is 292 g/mol. The van der Waals surface area contributed by atoms with E-state index in [1.54, 1.807) is 12.1 Å². The molecule has 0 atom stereocenters. The largest absolute Gasteiger partial charge is 0.207 e. The van der Waals surface area contributed by atoms with Crippen LogP contribution >= 0.6 is 0 Å². The summed E-state index contributed by atoms with van der Waals surface area (Å²) in [5.41, 5.74) is 1.02. The molecule has 0 N–H and O–H groups in total. The lowest BCUT2D eigenvalue weighted by molar-refractivity contribution is 0.186. The SMILES string of the molecule is Cc1c(F)cc(C2CCC(C3CCCCC3)CC2)cc1F. The summed E-state index contributed by atoms with van der Waals surface area (Å²) < 4.78 is 27.4. The molecule has 0 aliphatic heterocycles. The van der Waals surface area contributed by atoms with Crippen LogP contribution in [0.5, 0.6) is 0 Å². The molecule has 2 saturated carbocycles. The van der Waals surface area contributed by atoms with Gasteiger partial charge in [-0.1, -0.05) is 32.1 Å². The molecule has 2 aliphatic rings. The van der Waals surface area contributed by atoms with Gasteiger partial charge in [-0.25, -0.2) is 8.78 Å². The minimum absolute atomic E-state index is 0.148. The molecule has 0 saturated heterocycles. The average molecular weight is 292 g/mol. The van der Waals surface area contributed by atoms with Crippen molar-refractivity contribution in [2.24, 2.45) is 11.8 Å². The molecule has 3 rings (SSSR count). The van der Waals surface area contributed by atoms with E-state index in [1.807, 2.05) is 0 Å². The second kappa shape index (κ2) is 6.46. The Hall–Kier alpha value is -0.920. The van der Waals surface area contributed by atoms with Gasteiger partial charge in [0.05, 0.1) is 0 Å². The summed E-state index contributed by atoms with van der Waals surface area (Å²) in [4.78, 5) is 0. The average Bonchev–Trinajstić information content (AvgIpc) is 2.53. The van der Waals surface area contributed by atoms with Crippen LogP contribution in [-0.4, -0.2) is 0 Å². The van der Waals surface area contributed by atoms with Crippen molar-refractivity contribution in [1.82, 2.24) is 0 Å². The first kappa shape index (κ1) is 15.0. The van der Waals surface area contributed by atoms with Crippen LogP contribution in [0.4, 0.5) is 8.78 Å². The zero-order chi connectivity index (χ0) is 14.8.